The summed E-state index contributed by atoms with van der Waals surface area (Å²) in [5.74, 6) is -0.144. The van der Waals surface area contributed by atoms with Crippen LogP contribution in [0.2, 0.25) is 0 Å². The van der Waals surface area contributed by atoms with Crippen molar-refractivity contribution in [1.29, 1.82) is 0 Å². The number of hydrogen-bond donors (Lipinski definition) is 2. The molecule has 0 aliphatic rings. The Balaban J connectivity index is 2.15. The van der Waals surface area contributed by atoms with Crippen molar-refractivity contribution >= 4 is 17.1 Å². The maximum Gasteiger partial charge on any atom is 0.332 e. The number of carbonyl (C=O) groups is 1. The normalized spacial score (nSPS) is 11.2. The fourth-order valence-corrected chi connectivity index (χ4v) is 3.13. The molecule has 0 saturated heterocycles. The van der Waals surface area contributed by atoms with Crippen molar-refractivity contribution in [3.05, 3.63) is 51.3 Å². The molecule has 1 amide bonds. The number of carbonyl (C=O) groups excluding carboxylic acids is 1. The van der Waals surface area contributed by atoms with Gasteiger partial charge in [-0.25, -0.2) is 19.3 Å². The van der Waals surface area contributed by atoms with Gasteiger partial charge >= 0.3 is 5.69 Å². The summed E-state index contributed by atoms with van der Waals surface area (Å²) in [6.07, 6.45) is 4.91. The fraction of sp³-hybridized carbons (Fsp3) is 0.400. The van der Waals surface area contributed by atoms with E-state index in [1.807, 2.05) is 32.0 Å². The summed E-state index contributed by atoms with van der Waals surface area (Å²) in [5.41, 5.74) is 8.76. The number of aromatic nitrogens is 4. The van der Waals surface area contributed by atoms with Crippen LogP contribution in [0.5, 0.6) is 0 Å². The highest BCUT2D eigenvalue weighted by atomic mass is 16.2. The molecule has 142 valence electrons. The first kappa shape index (κ1) is 18.8. The molecule has 0 atom stereocenters. The van der Waals surface area contributed by atoms with Crippen molar-refractivity contribution in [3.8, 4) is 5.69 Å². The molecule has 0 spiro atoms. The summed E-state index contributed by atoms with van der Waals surface area (Å²) in [6, 6.07) is 5.75. The van der Waals surface area contributed by atoms with Gasteiger partial charge in [-0.15, -0.1) is 0 Å². The van der Waals surface area contributed by atoms with E-state index in [4.69, 9.17) is 5.73 Å². The first-order valence-electron chi connectivity index (χ1n) is 9.31. The minimum atomic E-state index is -0.675. The highest BCUT2D eigenvalue weighted by Gasteiger charge is 2.19. The van der Waals surface area contributed by atoms with Crippen molar-refractivity contribution in [3.63, 3.8) is 0 Å². The van der Waals surface area contributed by atoms with Crippen LogP contribution >= 0.6 is 0 Å². The molecule has 2 aromatic heterocycles. The number of nitrogens with zero attached hydrogens (tertiary/aromatic N) is 3. The molecular formula is C20H25N5O2. The van der Waals surface area contributed by atoms with Gasteiger partial charge in [-0.2, -0.15) is 0 Å². The van der Waals surface area contributed by atoms with Crippen LogP contribution in [0.1, 0.15) is 60.0 Å². The van der Waals surface area contributed by atoms with E-state index in [1.165, 1.54) is 4.57 Å². The summed E-state index contributed by atoms with van der Waals surface area (Å²) >= 11 is 0. The van der Waals surface area contributed by atoms with Crippen molar-refractivity contribution in [2.24, 2.45) is 5.73 Å². The lowest BCUT2D eigenvalue weighted by Gasteiger charge is -2.08. The molecule has 3 aromatic rings. The molecule has 3 rings (SSSR count). The number of H-pyrrole nitrogens is 1. The maximum atomic E-state index is 12.6. The number of rotatable bonds is 7. The number of nitrogens with two attached hydrogens (primary N) is 1. The highest BCUT2D eigenvalue weighted by Crippen LogP contribution is 2.19. The molecule has 7 nitrogen and oxygen atoms in total. The minimum Gasteiger partial charge on any atom is -0.364 e. The molecule has 2 heterocycles. The number of primary amides is 1. The van der Waals surface area contributed by atoms with Gasteiger partial charge < -0.3 is 10.7 Å². The van der Waals surface area contributed by atoms with Crippen LogP contribution in [0.4, 0.5) is 0 Å². The van der Waals surface area contributed by atoms with Gasteiger partial charge in [0.2, 0.25) is 0 Å². The zero-order chi connectivity index (χ0) is 19.6. The molecule has 0 fully saturated rings. The molecular weight excluding hydrogens is 342 g/mol. The van der Waals surface area contributed by atoms with Crippen molar-refractivity contribution < 1.29 is 4.79 Å². The third-order valence-corrected chi connectivity index (χ3v) is 4.82. The van der Waals surface area contributed by atoms with E-state index in [9.17, 15) is 9.59 Å². The molecule has 27 heavy (non-hydrogen) atoms. The van der Waals surface area contributed by atoms with Gasteiger partial charge in [0.25, 0.3) is 5.91 Å². The number of benzene rings is 1. The molecule has 3 N–H and O–H groups in total. The Morgan fingerprint density at radius 3 is 2.59 bits per heavy atom. The zero-order valence-electron chi connectivity index (χ0n) is 16.0. The molecule has 0 aliphatic carbocycles. The van der Waals surface area contributed by atoms with E-state index in [0.717, 1.165) is 36.8 Å². The Bertz CT molecular complexity index is 1050. The number of amides is 1. The van der Waals surface area contributed by atoms with Crippen LogP contribution in [0, 0.1) is 13.8 Å². The van der Waals surface area contributed by atoms with E-state index in [0.29, 0.717) is 23.6 Å². The van der Waals surface area contributed by atoms with Crippen LogP contribution in [0.3, 0.4) is 0 Å². The third-order valence-electron chi connectivity index (χ3n) is 4.82. The average Bonchev–Trinajstić information content (AvgIpc) is 2.96. The Hall–Kier alpha value is -2.96. The van der Waals surface area contributed by atoms with Gasteiger partial charge in [-0.05, 0) is 43.5 Å². The van der Waals surface area contributed by atoms with Crippen molar-refractivity contribution in [2.45, 2.75) is 52.9 Å². The van der Waals surface area contributed by atoms with Crippen LogP contribution in [0.15, 0.2) is 23.0 Å². The quantitative estimate of drug-likeness (QED) is 0.626. The number of imidazole rings is 1. The second-order valence-corrected chi connectivity index (χ2v) is 6.90. The molecule has 0 bridgehead atoms. The minimum absolute atomic E-state index is 0.0603. The second kappa shape index (κ2) is 7.73. The summed E-state index contributed by atoms with van der Waals surface area (Å²) in [7, 11) is 0. The first-order valence-corrected chi connectivity index (χ1v) is 9.31. The smallest absolute Gasteiger partial charge is 0.332 e. The number of nitrogens with one attached hydrogen (secondary N) is 1. The molecule has 0 radical (unpaired) electrons. The summed E-state index contributed by atoms with van der Waals surface area (Å²) < 4.78 is 1.48. The van der Waals surface area contributed by atoms with E-state index < -0.39 is 5.91 Å². The monoisotopic (exact) mass is 367 g/mol. The number of hydrogen-bond acceptors (Lipinski definition) is 4. The summed E-state index contributed by atoms with van der Waals surface area (Å²) in [6.45, 7) is 6.15. The fourth-order valence-electron chi connectivity index (χ4n) is 3.13. The zero-order valence-corrected chi connectivity index (χ0v) is 16.0. The average molecular weight is 367 g/mol. The van der Waals surface area contributed by atoms with E-state index in [2.05, 4.69) is 21.9 Å². The molecule has 0 unspecified atom stereocenters. The van der Waals surface area contributed by atoms with Crippen molar-refractivity contribution in [2.75, 3.05) is 0 Å². The standard InChI is InChI=1S/C20H25N5O2/c1-4-5-6-7-8-15-22-16(18(21)26)17-19(23-15)25(20(27)24-17)14-10-9-12(2)13(3)11-14/h9-11H,4-8H2,1-3H3,(H2,21,26)(H,24,27). The van der Waals surface area contributed by atoms with E-state index in [-0.39, 0.29) is 16.9 Å². The summed E-state index contributed by atoms with van der Waals surface area (Å²) in [4.78, 5) is 36.1. The van der Waals surface area contributed by atoms with Gasteiger partial charge in [-0.3, -0.25) is 4.79 Å². The highest BCUT2D eigenvalue weighted by molar-refractivity contribution is 6.01. The lowest BCUT2D eigenvalue weighted by molar-refractivity contribution is 0.0996. The Morgan fingerprint density at radius 1 is 1.15 bits per heavy atom. The SMILES string of the molecule is CCCCCCc1nc(C(N)=O)c2[nH]c(=O)n(-c3ccc(C)c(C)c3)c2n1. The van der Waals surface area contributed by atoms with Crippen LogP contribution in [-0.2, 0) is 6.42 Å². The van der Waals surface area contributed by atoms with Gasteiger partial charge in [-0.1, -0.05) is 32.3 Å². The molecule has 0 saturated carbocycles. The predicted octanol–water partition coefficient (Wildman–Crippen LogP) is 2.95. The number of aromatic amines is 1. The first-order chi connectivity index (χ1) is 12.9. The molecule has 1 aromatic carbocycles. The Kier molecular flexibility index (Phi) is 5.39. The van der Waals surface area contributed by atoms with Gasteiger partial charge in [0, 0.05) is 6.42 Å². The predicted molar refractivity (Wildman–Crippen MR) is 105 cm³/mol. The third kappa shape index (κ3) is 3.77. The maximum absolute atomic E-state index is 12.6. The van der Waals surface area contributed by atoms with Crippen LogP contribution < -0.4 is 11.4 Å². The number of fused-ring (bicyclic) bond motifs is 1. The number of aryl methyl sites for hydroxylation is 3. The molecule has 7 heteroatoms. The largest absolute Gasteiger partial charge is 0.364 e. The van der Waals surface area contributed by atoms with E-state index >= 15 is 0 Å². The summed E-state index contributed by atoms with van der Waals surface area (Å²) in [5, 5.41) is 0. The Labute approximate surface area is 157 Å². The van der Waals surface area contributed by atoms with Gasteiger partial charge in [0.15, 0.2) is 11.3 Å². The van der Waals surface area contributed by atoms with Crippen LogP contribution in [-0.4, -0.2) is 25.4 Å². The van der Waals surface area contributed by atoms with E-state index in [1.54, 1.807) is 0 Å². The van der Waals surface area contributed by atoms with Crippen molar-refractivity contribution in [1.82, 2.24) is 19.5 Å². The topological polar surface area (TPSA) is 107 Å². The van der Waals surface area contributed by atoms with Gasteiger partial charge in [0.05, 0.1) is 5.69 Å². The lowest BCUT2D eigenvalue weighted by Crippen LogP contribution is -2.16. The number of unbranched alkanes of at least 4 members (excludes halogenated alkanes) is 3. The second-order valence-electron chi connectivity index (χ2n) is 6.90. The lowest BCUT2D eigenvalue weighted by atomic mass is 10.1. The Morgan fingerprint density at radius 2 is 1.93 bits per heavy atom. The van der Waals surface area contributed by atoms with Crippen LogP contribution in [0.25, 0.3) is 16.9 Å². The van der Waals surface area contributed by atoms with Gasteiger partial charge in [0.1, 0.15) is 11.3 Å². The molecule has 0 aliphatic heterocycles.